The molecule has 19 heavy (non-hydrogen) atoms. The first-order valence-corrected chi connectivity index (χ1v) is 6.53. The molecule has 0 amide bonds. The minimum absolute atomic E-state index is 0.358. The molecule has 0 unspecified atom stereocenters. The molecule has 2 heterocycles. The second-order valence-electron chi connectivity index (χ2n) is 4.31. The summed E-state index contributed by atoms with van der Waals surface area (Å²) in [7, 11) is 1.91. The normalized spacial score (nSPS) is 19.1. The van der Waals surface area contributed by atoms with E-state index in [0.29, 0.717) is 16.2 Å². The Kier molecular flexibility index (Phi) is 3.59. The molecule has 0 bridgehead atoms. The van der Waals surface area contributed by atoms with Crippen LogP contribution in [0.2, 0.25) is 0 Å². The third kappa shape index (κ3) is 2.33. The van der Waals surface area contributed by atoms with Gasteiger partial charge < -0.3 is 5.73 Å². The van der Waals surface area contributed by atoms with Gasteiger partial charge >= 0.3 is 0 Å². The molecule has 1 aromatic rings. The van der Waals surface area contributed by atoms with Gasteiger partial charge in [-0.2, -0.15) is 10.5 Å². The molecule has 1 atom stereocenters. The summed E-state index contributed by atoms with van der Waals surface area (Å²) in [6, 6.07) is 8.17. The van der Waals surface area contributed by atoms with Crippen LogP contribution in [0.1, 0.15) is 18.4 Å². The number of rotatable bonds is 1. The third-order valence-corrected chi connectivity index (χ3v) is 3.99. The van der Waals surface area contributed by atoms with Crippen molar-refractivity contribution in [2.75, 3.05) is 0 Å². The fraction of sp³-hybridized carbons (Fsp3) is 0.214. The van der Waals surface area contributed by atoms with Gasteiger partial charge in [-0.25, -0.2) is 4.57 Å². The first-order chi connectivity index (χ1) is 9.08. The summed E-state index contributed by atoms with van der Waals surface area (Å²) in [6.45, 7) is 1.86. The van der Waals surface area contributed by atoms with Gasteiger partial charge in [0.1, 0.15) is 7.05 Å². The molecule has 0 aromatic carbocycles. The number of pyridine rings is 1. The van der Waals surface area contributed by atoms with Crippen LogP contribution in [0.5, 0.6) is 0 Å². The summed E-state index contributed by atoms with van der Waals surface area (Å²) in [6.07, 6.45) is 3.82. The van der Waals surface area contributed by atoms with E-state index in [4.69, 9.17) is 5.73 Å². The lowest BCUT2D eigenvalue weighted by molar-refractivity contribution is -0.671. The zero-order valence-corrected chi connectivity index (χ0v) is 11.5. The standard InChI is InChI=1S/C14H13N4S/c1-9-11(6-15)13(12(7-16)14(17)19-9)10-4-3-5-18(2)8-10/h3-5,8,13H,17H2,1-2H3/q+1/t13-/m1/s1. The smallest absolute Gasteiger partial charge is 0.172 e. The maximum atomic E-state index is 9.36. The van der Waals surface area contributed by atoms with Crippen molar-refractivity contribution in [2.24, 2.45) is 12.8 Å². The van der Waals surface area contributed by atoms with Crippen LogP contribution < -0.4 is 10.3 Å². The van der Waals surface area contributed by atoms with Crippen molar-refractivity contribution in [2.45, 2.75) is 12.8 Å². The van der Waals surface area contributed by atoms with Crippen LogP contribution in [0.25, 0.3) is 0 Å². The van der Waals surface area contributed by atoms with Crippen LogP contribution in [-0.2, 0) is 7.05 Å². The summed E-state index contributed by atoms with van der Waals surface area (Å²) in [5.41, 5.74) is 7.89. The van der Waals surface area contributed by atoms with Crippen molar-refractivity contribution in [3.05, 3.63) is 51.2 Å². The van der Waals surface area contributed by atoms with E-state index in [1.54, 1.807) is 0 Å². The maximum Gasteiger partial charge on any atom is 0.172 e. The molecule has 0 saturated heterocycles. The predicted octanol–water partition coefficient (Wildman–Crippen LogP) is 1.83. The number of hydrogen-bond donors (Lipinski definition) is 1. The second-order valence-corrected chi connectivity index (χ2v) is 5.57. The van der Waals surface area contributed by atoms with Gasteiger partial charge in [0.05, 0.1) is 34.2 Å². The van der Waals surface area contributed by atoms with E-state index in [1.165, 1.54) is 11.8 Å². The van der Waals surface area contributed by atoms with Crippen LogP contribution in [0.15, 0.2) is 45.6 Å². The van der Waals surface area contributed by atoms with Crippen LogP contribution in [0.4, 0.5) is 0 Å². The minimum atomic E-state index is -0.358. The van der Waals surface area contributed by atoms with Gasteiger partial charge in [-0.3, -0.25) is 0 Å². The first kappa shape index (κ1) is 13.2. The molecule has 2 N–H and O–H groups in total. The highest BCUT2D eigenvalue weighted by molar-refractivity contribution is 8.06. The Balaban J connectivity index is 2.65. The summed E-state index contributed by atoms with van der Waals surface area (Å²) >= 11 is 1.29. The van der Waals surface area contributed by atoms with Crippen molar-refractivity contribution >= 4 is 11.8 Å². The van der Waals surface area contributed by atoms with E-state index in [9.17, 15) is 10.5 Å². The molecular weight excluding hydrogens is 256 g/mol. The Bertz CT molecular complexity index is 637. The SMILES string of the molecule is CC1=C(C#N)[C@@H](c2ccc[n+](C)c2)C(C#N)=C(N)S1. The Labute approximate surface area is 116 Å². The molecule has 4 nitrogen and oxygen atoms in total. The molecule has 0 spiro atoms. The second kappa shape index (κ2) is 5.17. The molecule has 5 heteroatoms. The summed E-state index contributed by atoms with van der Waals surface area (Å²) in [4.78, 5) is 0.857. The molecule has 1 aromatic heterocycles. The molecule has 2 rings (SSSR count). The van der Waals surface area contributed by atoms with Gasteiger partial charge in [-0.15, -0.1) is 0 Å². The summed E-state index contributed by atoms with van der Waals surface area (Å²) < 4.78 is 1.90. The first-order valence-electron chi connectivity index (χ1n) is 5.72. The Morgan fingerprint density at radius 3 is 2.58 bits per heavy atom. The summed E-state index contributed by atoms with van der Waals surface area (Å²) in [5, 5.41) is 19.2. The number of aromatic nitrogens is 1. The zero-order chi connectivity index (χ0) is 14.0. The maximum absolute atomic E-state index is 9.36. The van der Waals surface area contributed by atoms with Gasteiger partial charge in [-0.1, -0.05) is 11.8 Å². The molecule has 0 radical (unpaired) electrons. The van der Waals surface area contributed by atoms with Crippen molar-refractivity contribution in [3.8, 4) is 12.1 Å². The highest BCUT2D eigenvalue weighted by atomic mass is 32.2. The quantitative estimate of drug-likeness (QED) is 0.789. The minimum Gasteiger partial charge on any atom is -0.392 e. The lowest BCUT2D eigenvalue weighted by Gasteiger charge is -2.22. The van der Waals surface area contributed by atoms with Crippen molar-refractivity contribution in [1.82, 2.24) is 0 Å². The fourth-order valence-corrected chi connectivity index (χ4v) is 3.02. The molecule has 0 aliphatic carbocycles. The largest absolute Gasteiger partial charge is 0.392 e. The van der Waals surface area contributed by atoms with E-state index in [0.717, 1.165) is 10.5 Å². The molecule has 0 saturated carbocycles. The Morgan fingerprint density at radius 2 is 2.00 bits per heavy atom. The van der Waals surface area contributed by atoms with E-state index in [-0.39, 0.29) is 5.92 Å². The van der Waals surface area contributed by atoms with Crippen molar-refractivity contribution in [3.63, 3.8) is 0 Å². The lowest BCUT2D eigenvalue weighted by atomic mass is 9.86. The van der Waals surface area contributed by atoms with Crippen LogP contribution in [0.3, 0.4) is 0 Å². The van der Waals surface area contributed by atoms with Gasteiger partial charge in [-0.05, 0) is 13.0 Å². The van der Waals surface area contributed by atoms with Gasteiger partial charge in [0.15, 0.2) is 12.4 Å². The Hall–Kier alpha value is -2.24. The number of aryl methyl sites for hydroxylation is 1. The predicted molar refractivity (Wildman–Crippen MR) is 73.1 cm³/mol. The summed E-state index contributed by atoms with van der Waals surface area (Å²) in [5.74, 6) is -0.358. The van der Waals surface area contributed by atoms with E-state index < -0.39 is 0 Å². The number of nitrogens with two attached hydrogens (primary N) is 1. The van der Waals surface area contributed by atoms with Crippen molar-refractivity contribution < 1.29 is 4.57 Å². The van der Waals surface area contributed by atoms with Crippen molar-refractivity contribution in [1.29, 1.82) is 10.5 Å². The number of nitrogens with zero attached hydrogens (tertiary/aromatic N) is 3. The number of nitriles is 2. The lowest BCUT2D eigenvalue weighted by Crippen LogP contribution is -2.28. The average Bonchev–Trinajstić information content (AvgIpc) is 2.38. The highest BCUT2D eigenvalue weighted by Crippen LogP contribution is 2.43. The number of hydrogen-bond acceptors (Lipinski definition) is 4. The molecule has 1 aliphatic heterocycles. The van der Waals surface area contributed by atoms with Crippen LogP contribution >= 0.6 is 11.8 Å². The van der Waals surface area contributed by atoms with E-state index in [2.05, 4.69) is 12.1 Å². The monoisotopic (exact) mass is 269 g/mol. The van der Waals surface area contributed by atoms with Gasteiger partial charge in [0.25, 0.3) is 0 Å². The molecule has 94 valence electrons. The zero-order valence-electron chi connectivity index (χ0n) is 10.7. The number of allylic oxidation sites excluding steroid dienone is 3. The molecule has 0 fully saturated rings. The molecular formula is C14H13N4S+. The van der Waals surface area contributed by atoms with Crippen LogP contribution in [0, 0.1) is 22.7 Å². The fourth-order valence-electron chi connectivity index (χ4n) is 2.14. The van der Waals surface area contributed by atoms with E-state index in [1.807, 2.05) is 43.1 Å². The highest BCUT2D eigenvalue weighted by Gasteiger charge is 2.31. The third-order valence-electron chi connectivity index (χ3n) is 3.02. The topological polar surface area (TPSA) is 77.5 Å². The van der Waals surface area contributed by atoms with E-state index >= 15 is 0 Å². The van der Waals surface area contributed by atoms with Crippen LogP contribution in [-0.4, -0.2) is 0 Å². The number of thioether (sulfide) groups is 1. The van der Waals surface area contributed by atoms with Gasteiger partial charge in [0.2, 0.25) is 0 Å². The average molecular weight is 269 g/mol. The van der Waals surface area contributed by atoms with Gasteiger partial charge in [0, 0.05) is 16.5 Å². The molecule has 1 aliphatic rings. The Morgan fingerprint density at radius 1 is 1.32 bits per heavy atom.